The SMILES string of the molecule is CC(C)c1ccc([SH+]c2ccccc2)cc1. The second kappa shape index (κ2) is 5.22. The van der Waals surface area contributed by atoms with Crippen LogP contribution in [0.15, 0.2) is 64.4 Å². The predicted molar refractivity (Wildman–Crippen MR) is 72.3 cm³/mol. The van der Waals surface area contributed by atoms with Gasteiger partial charge in [-0.1, -0.05) is 44.2 Å². The second-order valence-electron chi connectivity index (χ2n) is 4.19. The van der Waals surface area contributed by atoms with Crippen molar-refractivity contribution in [3.8, 4) is 0 Å². The van der Waals surface area contributed by atoms with Gasteiger partial charge in [-0.2, -0.15) is 0 Å². The van der Waals surface area contributed by atoms with E-state index in [0.29, 0.717) is 5.92 Å². The molecular weight excluding hydrogens is 212 g/mol. The minimum absolute atomic E-state index is 0.613. The maximum absolute atomic E-state index is 2.23. The molecule has 0 aliphatic heterocycles. The fourth-order valence-corrected chi connectivity index (χ4v) is 2.50. The smallest absolute Gasteiger partial charge is 0.0619 e. The van der Waals surface area contributed by atoms with E-state index in [-0.39, 0.29) is 0 Å². The summed E-state index contributed by atoms with van der Waals surface area (Å²) in [5.74, 6) is 0.613. The number of hydrogen-bond acceptors (Lipinski definition) is 0. The van der Waals surface area contributed by atoms with E-state index in [0.717, 1.165) is 0 Å². The maximum atomic E-state index is 2.23. The average Bonchev–Trinajstić information content (AvgIpc) is 2.31. The lowest BCUT2D eigenvalue weighted by atomic mass is 10.0. The lowest BCUT2D eigenvalue weighted by Crippen LogP contribution is -1.88. The lowest BCUT2D eigenvalue weighted by Gasteiger charge is -2.03. The molecule has 82 valence electrons. The van der Waals surface area contributed by atoms with Crippen molar-refractivity contribution in [1.29, 1.82) is 0 Å². The second-order valence-corrected chi connectivity index (χ2v) is 5.45. The largest absolute Gasteiger partial charge is 0.158 e. The Morgan fingerprint density at radius 1 is 0.750 bits per heavy atom. The molecule has 0 bridgehead atoms. The summed E-state index contributed by atoms with van der Waals surface area (Å²) in [6.07, 6.45) is 0. The monoisotopic (exact) mass is 229 g/mol. The van der Waals surface area contributed by atoms with E-state index < -0.39 is 0 Å². The maximum Gasteiger partial charge on any atom is 0.158 e. The Kier molecular flexibility index (Phi) is 3.68. The number of benzene rings is 2. The minimum Gasteiger partial charge on any atom is -0.0619 e. The third-order valence-electron chi connectivity index (χ3n) is 2.57. The topological polar surface area (TPSA) is 0 Å². The van der Waals surface area contributed by atoms with Crippen molar-refractivity contribution >= 4 is 11.8 Å². The van der Waals surface area contributed by atoms with E-state index in [1.807, 2.05) is 0 Å². The number of rotatable bonds is 3. The van der Waals surface area contributed by atoms with Gasteiger partial charge in [0, 0.05) is 11.8 Å². The van der Waals surface area contributed by atoms with E-state index in [2.05, 4.69) is 68.4 Å². The zero-order valence-electron chi connectivity index (χ0n) is 9.72. The van der Waals surface area contributed by atoms with Gasteiger partial charge in [-0.15, -0.1) is 0 Å². The number of hydrogen-bond donors (Lipinski definition) is 0. The molecule has 0 atom stereocenters. The Morgan fingerprint density at radius 3 is 1.88 bits per heavy atom. The molecule has 0 nitrogen and oxygen atoms in total. The molecular formula is C15H17S+. The van der Waals surface area contributed by atoms with E-state index in [9.17, 15) is 0 Å². The summed E-state index contributed by atoms with van der Waals surface area (Å²) in [5.41, 5.74) is 1.41. The molecule has 0 fully saturated rings. The van der Waals surface area contributed by atoms with Gasteiger partial charge in [-0.25, -0.2) is 0 Å². The molecule has 0 N–H and O–H groups in total. The van der Waals surface area contributed by atoms with Gasteiger partial charge in [0.05, 0.1) is 0 Å². The summed E-state index contributed by atoms with van der Waals surface area (Å²) in [7, 11) is 0. The highest BCUT2D eigenvalue weighted by Crippen LogP contribution is 2.17. The molecule has 0 radical (unpaired) electrons. The first-order chi connectivity index (χ1) is 7.75. The van der Waals surface area contributed by atoms with Crippen molar-refractivity contribution in [3.63, 3.8) is 0 Å². The standard InChI is InChI=1S/C15H16S/c1-12(2)13-8-10-15(11-9-13)16-14-6-4-3-5-7-14/h3-12H,1-2H3/p+1. The molecule has 0 saturated heterocycles. The van der Waals surface area contributed by atoms with Gasteiger partial charge < -0.3 is 0 Å². The quantitative estimate of drug-likeness (QED) is 0.550. The molecule has 2 rings (SSSR count). The zero-order chi connectivity index (χ0) is 11.4. The van der Waals surface area contributed by atoms with Crippen LogP contribution in [-0.2, 0) is 11.8 Å². The molecule has 0 amide bonds. The van der Waals surface area contributed by atoms with Crippen LogP contribution in [0, 0.1) is 0 Å². The molecule has 2 aromatic rings. The summed E-state index contributed by atoms with van der Waals surface area (Å²) in [6.45, 7) is 4.45. The van der Waals surface area contributed by atoms with Gasteiger partial charge in [0.15, 0.2) is 9.79 Å². The van der Waals surface area contributed by atoms with Crippen LogP contribution in [0.1, 0.15) is 25.3 Å². The molecule has 2 aromatic carbocycles. The van der Waals surface area contributed by atoms with Crippen molar-refractivity contribution < 1.29 is 0 Å². The Morgan fingerprint density at radius 2 is 1.31 bits per heavy atom. The van der Waals surface area contributed by atoms with Crippen LogP contribution in [0.25, 0.3) is 0 Å². The molecule has 0 unspecified atom stereocenters. The van der Waals surface area contributed by atoms with Crippen molar-refractivity contribution in [2.24, 2.45) is 0 Å². The van der Waals surface area contributed by atoms with Crippen molar-refractivity contribution in [2.45, 2.75) is 29.6 Å². The van der Waals surface area contributed by atoms with Gasteiger partial charge in [-0.3, -0.25) is 0 Å². The summed E-state index contributed by atoms with van der Waals surface area (Å²) in [6, 6.07) is 19.5. The van der Waals surface area contributed by atoms with Crippen LogP contribution in [0.2, 0.25) is 0 Å². The van der Waals surface area contributed by atoms with E-state index >= 15 is 0 Å². The molecule has 0 heterocycles. The lowest BCUT2D eigenvalue weighted by molar-refractivity contribution is 0.865. The van der Waals surface area contributed by atoms with Crippen LogP contribution in [0.4, 0.5) is 0 Å². The van der Waals surface area contributed by atoms with Crippen LogP contribution in [0.3, 0.4) is 0 Å². The fraction of sp³-hybridized carbons (Fsp3) is 0.200. The highest BCUT2D eigenvalue weighted by atomic mass is 32.2. The van der Waals surface area contributed by atoms with Crippen molar-refractivity contribution in [3.05, 3.63) is 60.2 Å². The summed E-state index contributed by atoms with van der Waals surface area (Å²) in [5, 5.41) is 0. The Hall–Kier alpha value is -1.21. The molecule has 0 spiro atoms. The molecule has 0 aliphatic carbocycles. The van der Waals surface area contributed by atoms with Gasteiger partial charge >= 0.3 is 0 Å². The first kappa shape index (κ1) is 11.3. The first-order valence-electron chi connectivity index (χ1n) is 5.62. The van der Waals surface area contributed by atoms with Crippen LogP contribution in [-0.4, -0.2) is 0 Å². The van der Waals surface area contributed by atoms with Gasteiger partial charge in [0.1, 0.15) is 0 Å². The highest BCUT2D eigenvalue weighted by molar-refractivity contribution is 7.78. The van der Waals surface area contributed by atoms with Gasteiger partial charge in [0.2, 0.25) is 0 Å². The van der Waals surface area contributed by atoms with Crippen LogP contribution < -0.4 is 0 Å². The molecule has 0 aliphatic rings. The van der Waals surface area contributed by atoms with Crippen LogP contribution in [0.5, 0.6) is 0 Å². The van der Waals surface area contributed by atoms with Crippen molar-refractivity contribution in [2.75, 3.05) is 0 Å². The summed E-state index contributed by atoms with van der Waals surface area (Å²) >= 11 is 1.29. The van der Waals surface area contributed by atoms with E-state index in [1.54, 1.807) is 0 Å². The molecule has 0 saturated carbocycles. The average molecular weight is 229 g/mol. The van der Waals surface area contributed by atoms with Gasteiger partial charge in [0.25, 0.3) is 0 Å². The van der Waals surface area contributed by atoms with E-state index in [4.69, 9.17) is 0 Å². The normalized spacial score (nSPS) is 10.7. The Bertz CT molecular complexity index is 429. The summed E-state index contributed by atoms with van der Waals surface area (Å²) in [4.78, 5) is 2.70. The minimum atomic E-state index is 0.613. The molecule has 1 heteroatoms. The molecule has 16 heavy (non-hydrogen) atoms. The van der Waals surface area contributed by atoms with Crippen LogP contribution >= 0.6 is 0 Å². The Labute approximate surface area is 102 Å². The van der Waals surface area contributed by atoms with Gasteiger partial charge in [-0.05, 0) is 35.7 Å². The predicted octanol–water partition coefficient (Wildman–Crippen LogP) is 4.04. The first-order valence-corrected chi connectivity index (χ1v) is 6.52. The Balaban J connectivity index is 2.11. The highest BCUT2D eigenvalue weighted by Gasteiger charge is 2.06. The third kappa shape index (κ3) is 2.89. The number of thiol groups is 1. The zero-order valence-corrected chi connectivity index (χ0v) is 10.6. The third-order valence-corrected chi connectivity index (χ3v) is 3.69. The molecule has 0 aromatic heterocycles. The van der Waals surface area contributed by atoms with Crippen molar-refractivity contribution in [1.82, 2.24) is 0 Å². The van der Waals surface area contributed by atoms with E-state index in [1.165, 1.54) is 27.1 Å². The summed E-state index contributed by atoms with van der Waals surface area (Å²) < 4.78 is 0. The fourth-order valence-electron chi connectivity index (χ4n) is 1.59.